The Morgan fingerprint density at radius 3 is 2.32 bits per heavy atom. The van der Waals surface area contributed by atoms with E-state index in [1.807, 2.05) is 32.9 Å². The standard InChI is InChI=1S/C20H26N4O4/c1-12(2)8-17(20(27)28)24-19(26)16(9-15-10-21-11-22-15)23-18(25)14-6-4-13(3)5-7-14/h4-7,10-12,16-17H,8-9H2,1-3H3,(H,21,22)(H,23,25)(H,24,26)(H,27,28)/t16-,17-/m0/s1. The molecule has 28 heavy (non-hydrogen) atoms. The first-order chi connectivity index (χ1) is 13.3. The van der Waals surface area contributed by atoms with E-state index in [1.165, 1.54) is 6.33 Å². The average Bonchev–Trinajstić information content (AvgIpc) is 3.13. The van der Waals surface area contributed by atoms with Crippen molar-refractivity contribution in [2.24, 2.45) is 5.92 Å². The first kappa shape index (κ1) is 21.1. The zero-order chi connectivity index (χ0) is 20.7. The van der Waals surface area contributed by atoms with Crippen molar-refractivity contribution in [2.45, 2.75) is 45.7 Å². The largest absolute Gasteiger partial charge is 0.480 e. The van der Waals surface area contributed by atoms with Crippen molar-refractivity contribution in [2.75, 3.05) is 0 Å². The molecule has 0 spiro atoms. The number of aliphatic carboxylic acids is 1. The first-order valence-electron chi connectivity index (χ1n) is 9.14. The van der Waals surface area contributed by atoms with Gasteiger partial charge in [0.25, 0.3) is 5.91 Å². The molecule has 2 aromatic rings. The minimum atomic E-state index is -1.10. The number of hydrogen-bond acceptors (Lipinski definition) is 4. The molecule has 0 saturated carbocycles. The molecule has 0 aliphatic rings. The minimum Gasteiger partial charge on any atom is -0.480 e. The predicted octanol–water partition coefficient (Wildman–Crippen LogP) is 1.67. The van der Waals surface area contributed by atoms with Crippen LogP contribution in [0, 0.1) is 12.8 Å². The van der Waals surface area contributed by atoms with Gasteiger partial charge in [0.2, 0.25) is 5.91 Å². The number of hydrogen-bond donors (Lipinski definition) is 4. The summed E-state index contributed by atoms with van der Waals surface area (Å²) in [7, 11) is 0. The molecule has 150 valence electrons. The maximum atomic E-state index is 12.8. The van der Waals surface area contributed by atoms with Gasteiger partial charge in [-0.05, 0) is 31.4 Å². The fourth-order valence-corrected chi connectivity index (χ4v) is 2.74. The Hall–Kier alpha value is -3.16. The second-order valence-corrected chi connectivity index (χ2v) is 7.20. The fourth-order valence-electron chi connectivity index (χ4n) is 2.74. The number of H-pyrrole nitrogens is 1. The van der Waals surface area contributed by atoms with Gasteiger partial charge in [-0.25, -0.2) is 9.78 Å². The summed E-state index contributed by atoms with van der Waals surface area (Å²) in [6.07, 6.45) is 3.49. The molecule has 8 heteroatoms. The van der Waals surface area contributed by atoms with E-state index in [0.717, 1.165) is 5.56 Å². The van der Waals surface area contributed by atoms with E-state index in [4.69, 9.17) is 0 Å². The molecule has 1 aromatic carbocycles. The van der Waals surface area contributed by atoms with Crippen molar-refractivity contribution in [3.63, 3.8) is 0 Å². The SMILES string of the molecule is Cc1ccc(C(=O)N[C@@H](Cc2cnc[nH]2)C(=O)N[C@@H](CC(C)C)C(=O)O)cc1. The normalized spacial score (nSPS) is 13.0. The lowest BCUT2D eigenvalue weighted by Crippen LogP contribution is -2.52. The third-order valence-electron chi connectivity index (χ3n) is 4.24. The van der Waals surface area contributed by atoms with Crippen LogP contribution in [0.5, 0.6) is 0 Å². The van der Waals surface area contributed by atoms with Crippen LogP contribution in [-0.4, -0.2) is 44.9 Å². The summed E-state index contributed by atoms with van der Waals surface area (Å²) in [5, 5.41) is 14.6. The zero-order valence-corrected chi connectivity index (χ0v) is 16.2. The van der Waals surface area contributed by atoms with Gasteiger partial charge in [-0.2, -0.15) is 0 Å². The van der Waals surface area contributed by atoms with Gasteiger partial charge in [-0.3, -0.25) is 9.59 Å². The molecule has 0 aliphatic carbocycles. The highest BCUT2D eigenvalue weighted by molar-refractivity contribution is 5.98. The molecule has 2 rings (SSSR count). The van der Waals surface area contributed by atoms with Gasteiger partial charge in [0.1, 0.15) is 12.1 Å². The summed E-state index contributed by atoms with van der Waals surface area (Å²) in [5.74, 6) is -1.97. The Morgan fingerprint density at radius 2 is 1.79 bits per heavy atom. The van der Waals surface area contributed by atoms with Crippen LogP contribution in [0.3, 0.4) is 0 Å². The van der Waals surface area contributed by atoms with Crippen LogP contribution >= 0.6 is 0 Å². The number of amides is 2. The van der Waals surface area contributed by atoms with Crippen LogP contribution in [-0.2, 0) is 16.0 Å². The van der Waals surface area contributed by atoms with Gasteiger partial charge < -0.3 is 20.7 Å². The van der Waals surface area contributed by atoms with E-state index in [1.54, 1.807) is 18.3 Å². The second-order valence-electron chi connectivity index (χ2n) is 7.20. The molecule has 0 unspecified atom stereocenters. The molecule has 0 aliphatic heterocycles. The zero-order valence-electron chi connectivity index (χ0n) is 16.2. The number of carboxylic acids is 1. The summed E-state index contributed by atoms with van der Waals surface area (Å²) >= 11 is 0. The Morgan fingerprint density at radius 1 is 1.11 bits per heavy atom. The molecule has 0 bridgehead atoms. The fraction of sp³-hybridized carbons (Fsp3) is 0.400. The van der Waals surface area contributed by atoms with Crippen molar-refractivity contribution < 1.29 is 19.5 Å². The van der Waals surface area contributed by atoms with Crippen molar-refractivity contribution in [1.29, 1.82) is 0 Å². The third kappa shape index (κ3) is 6.22. The van der Waals surface area contributed by atoms with Crippen LogP contribution in [0.4, 0.5) is 0 Å². The summed E-state index contributed by atoms with van der Waals surface area (Å²) < 4.78 is 0. The van der Waals surface area contributed by atoms with Crippen LogP contribution in [0.25, 0.3) is 0 Å². The maximum Gasteiger partial charge on any atom is 0.326 e. The number of aryl methyl sites for hydroxylation is 1. The van der Waals surface area contributed by atoms with Crippen molar-refractivity contribution in [3.05, 3.63) is 53.6 Å². The van der Waals surface area contributed by atoms with Gasteiger partial charge in [-0.1, -0.05) is 31.5 Å². The number of nitrogens with one attached hydrogen (secondary N) is 3. The molecule has 1 heterocycles. The van der Waals surface area contributed by atoms with E-state index in [9.17, 15) is 19.5 Å². The smallest absolute Gasteiger partial charge is 0.326 e. The highest BCUT2D eigenvalue weighted by Gasteiger charge is 2.28. The Labute approximate surface area is 163 Å². The Bertz CT molecular complexity index is 800. The number of carbonyl (C=O) groups excluding carboxylic acids is 2. The lowest BCUT2D eigenvalue weighted by molar-refractivity contribution is -0.142. The molecular weight excluding hydrogens is 360 g/mol. The van der Waals surface area contributed by atoms with Crippen molar-refractivity contribution in [1.82, 2.24) is 20.6 Å². The Kier molecular flexibility index (Phi) is 7.31. The van der Waals surface area contributed by atoms with Gasteiger partial charge in [0, 0.05) is 23.9 Å². The van der Waals surface area contributed by atoms with Gasteiger partial charge in [0.15, 0.2) is 0 Å². The highest BCUT2D eigenvalue weighted by Crippen LogP contribution is 2.08. The summed E-state index contributed by atoms with van der Waals surface area (Å²) in [5.41, 5.74) is 2.09. The van der Waals surface area contributed by atoms with Crippen LogP contribution in [0.1, 0.15) is 41.9 Å². The molecule has 2 atom stereocenters. The number of carbonyl (C=O) groups is 3. The number of carboxylic acid groups (broad SMARTS) is 1. The van der Waals surface area contributed by atoms with E-state index in [0.29, 0.717) is 17.7 Å². The number of nitrogens with zero attached hydrogens (tertiary/aromatic N) is 1. The number of aromatic nitrogens is 2. The average molecular weight is 386 g/mol. The van der Waals surface area contributed by atoms with E-state index in [2.05, 4.69) is 20.6 Å². The number of rotatable bonds is 9. The lowest BCUT2D eigenvalue weighted by atomic mass is 10.0. The summed E-state index contributed by atoms with van der Waals surface area (Å²) in [6, 6.07) is 5.00. The molecule has 0 radical (unpaired) electrons. The summed E-state index contributed by atoms with van der Waals surface area (Å²) in [6.45, 7) is 5.67. The molecule has 0 fully saturated rings. The van der Waals surface area contributed by atoms with E-state index < -0.39 is 29.9 Å². The molecule has 8 nitrogen and oxygen atoms in total. The monoisotopic (exact) mass is 386 g/mol. The minimum absolute atomic E-state index is 0.0922. The number of benzene rings is 1. The van der Waals surface area contributed by atoms with Crippen LogP contribution < -0.4 is 10.6 Å². The Balaban J connectivity index is 2.15. The van der Waals surface area contributed by atoms with E-state index in [-0.39, 0.29) is 12.3 Å². The summed E-state index contributed by atoms with van der Waals surface area (Å²) in [4.78, 5) is 43.6. The van der Waals surface area contributed by atoms with Crippen LogP contribution in [0.2, 0.25) is 0 Å². The molecule has 4 N–H and O–H groups in total. The lowest BCUT2D eigenvalue weighted by Gasteiger charge is -2.22. The molecular formula is C20H26N4O4. The van der Waals surface area contributed by atoms with Gasteiger partial charge >= 0.3 is 5.97 Å². The molecule has 1 aromatic heterocycles. The van der Waals surface area contributed by atoms with E-state index >= 15 is 0 Å². The molecule has 0 saturated heterocycles. The predicted molar refractivity (Wildman–Crippen MR) is 104 cm³/mol. The molecule has 2 amide bonds. The number of imidazole rings is 1. The van der Waals surface area contributed by atoms with Crippen LogP contribution in [0.15, 0.2) is 36.8 Å². The third-order valence-corrected chi connectivity index (χ3v) is 4.24. The topological polar surface area (TPSA) is 124 Å². The number of aromatic amines is 1. The van der Waals surface area contributed by atoms with Gasteiger partial charge in [0.05, 0.1) is 6.33 Å². The first-order valence-corrected chi connectivity index (χ1v) is 9.14. The second kappa shape index (κ2) is 9.68. The maximum absolute atomic E-state index is 12.8. The quantitative estimate of drug-likeness (QED) is 0.522. The van der Waals surface area contributed by atoms with Crippen molar-refractivity contribution in [3.8, 4) is 0 Å². The van der Waals surface area contributed by atoms with Gasteiger partial charge in [-0.15, -0.1) is 0 Å². The van der Waals surface area contributed by atoms with Crippen molar-refractivity contribution >= 4 is 17.8 Å². The highest BCUT2D eigenvalue weighted by atomic mass is 16.4.